The molecule has 0 aliphatic heterocycles. The van der Waals surface area contributed by atoms with Crippen LogP contribution in [-0.2, 0) is 6.42 Å². The molecule has 2 N–H and O–H groups in total. The van der Waals surface area contributed by atoms with E-state index in [-0.39, 0.29) is 5.75 Å². The highest BCUT2D eigenvalue weighted by Crippen LogP contribution is 2.26. The molecule has 2 aromatic rings. The average molecular weight is 283 g/mol. The number of phenolic OH excluding ortho intramolecular Hbond substituents is 1. The lowest BCUT2D eigenvalue weighted by Crippen LogP contribution is -2.01. The lowest BCUT2D eigenvalue weighted by molar-refractivity contribution is 0.178. The van der Waals surface area contributed by atoms with E-state index in [0.717, 1.165) is 5.56 Å². The summed E-state index contributed by atoms with van der Waals surface area (Å²) in [4.78, 5) is 0. The predicted molar refractivity (Wildman–Crippen MR) is 73.2 cm³/mol. The third-order valence-electron chi connectivity index (χ3n) is 2.61. The van der Waals surface area contributed by atoms with E-state index in [4.69, 9.17) is 23.2 Å². The Balaban J connectivity index is 2.19. The Hall–Kier alpha value is -1.22. The van der Waals surface area contributed by atoms with Crippen molar-refractivity contribution >= 4 is 23.2 Å². The predicted octanol–water partition coefficient (Wildman–Crippen LogP) is 3.98. The van der Waals surface area contributed by atoms with E-state index < -0.39 is 6.10 Å². The quantitative estimate of drug-likeness (QED) is 0.894. The summed E-state index contributed by atoms with van der Waals surface area (Å²) in [7, 11) is 0. The van der Waals surface area contributed by atoms with Crippen molar-refractivity contribution in [3.63, 3.8) is 0 Å². The molecule has 1 atom stereocenters. The van der Waals surface area contributed by atoms with Gasteiger partial charge in [0, 0.05) is 16.5 Å². The molecule has 2 rings (SSSR count). The van der Waals surface area contributed by atoms with Crippen molar-refractivity contribution in [2.45, 2.75) is 12.5 Å². The Morgan fingerprint density at radius 2 is 1.67 bits per heavy atom. The van der Waals surface area contributed by atoms with E-state index in [9.17, 15) is 10.2 Å². The monoisotopic (exact) mass is 282 g/mol. The fourth-order valence-corrected chi connectivity index (χ4v) is 2.34. The third kappa shape index (κ3) is 3.39. The lowest BCUT2D eigenvalue weighted by Gasteiger charge is -2.12. The molecule has 18 heavy (non-hydrogen) atoms. The van der Waals surface area contributed by atoms with Crippen LogP contribution in [0.25, 0.3) is 0 Å². The van der Waals surface area contributed by atoms with Crippen LogP contribution in [0.5, 0.6) is 5.75 Å². The normalized spacial score (nSPS) is 12.4. The van der Waals surface area contributed by atoms with Gasteiger partial charge in [0.15, 0.2) is 0 Å². The first-order valence-corrected chi connectivity index (χ1v) is 6.22. The van der Waals surface area contributed by atoms with Gasteiger partial charge < -0.3 is 10.2 Å². The number of hydrogen-bond acceptors (Lipinski definition) is 2. The maximum atomic E-state index is 10.1. The second-order valence-electron chi connectivity index (χ2n) is 4.09. The molecule has 4 heteroatoms. The van der Waals surface area contributed by atoms with E-state index in [2.05, 4.69) is 0 Å². The summed E-state index contributed by atoms with van der Waals surface area (Å²) in [6.45, 7) is 0. The van der Waals surface area contributed by atoms with Crippen LogP contribution in [0.15, 0.2) is 42.5 Å². The number of phenols is 1. The Bertz CT molecular complexity index is 535. The average Bonchev–Trinajstić information content (AvgIpc) is 2.27. The molecular weight excluding hydrogens is 271 g/mol. The molecule has 0 radical (unpaired) electrons. The van der Waals surface area contributed by atoms with E-state index in [1.165, 1.54) is 0 Å². The summed E-state index contributed by atoms with van der Waals surface area (Å²) < 4.78 is 0. The van der Waals surface area contributed by atoms with Gasteiger partial charge in [-0.05, 0) is 41.5 Å². The van der Waals surface area contributed by atoms with Gasteiger partial charge in [-0.1, -0.05) is 35.3 Å². The van der Waals surface area contributed by atoms with Gasteiger partial charge in [0.25, 0.3) is 0 Å². The zero-order valence-corrected chi connectivity index (χ0v) is 11.0. The topological polar surface area (TPSA) is 40.5 Å². The maximum absolute atomic E-state index is 10.1. The maximum Gasteiger partial charge on any atom is 0.115 e. The molecule has 0 amide bonds. The third-order valence-corrected chi connectivity index (χ3v) is 3.05. The molecule has 0 heterocycles. The number of aromatic hydroxyl groups is 1. The van der Waals surface area contributed by atoms with Gasteiger partial charge in [0.2, 0.25) is 0 Å². The highest BCUT2D eigenvalue weighted by atomic mass is 35.5. The number of hydrogen-bond donors (Lipinski definition) is 2. The molecule has 1 unspecified atom stereocenters. The van der Waals surface area contributed by atoms with E-state index in [1.807, 2.05) is 6.07 Å². The summed E-state index contributed by atoms with van der Waals surface area (Å²) in [6, 6.07) is 11.8. The highest BCUT2D eigenvalue weighted by Gasteiger charge is 2.10. The minimum atomic E-state index is -0.706. The van der Waals surface area contributed by atoms with Crippen molar-refractivity contribution in [3.8, 4) is 5.75 Å². The fraction of sp³-hybridized carbons (Fsp3) is 0.143. The smallest absolute Gasteiger partial charge is 0.115 e. The molecule has 0 fully saturated rings. The van der Waals surface area contributed by atoms with Crippen LogP contribution in [0, 0.1) is 0 Å². The first-order chi connectivity index (χ1) is 8.54. The van der Waals surface area contributed by atoms with Gasteiger partial charge in [-0.2, -0.15) is 0 Å². The molecule has 0 aliphatic carbocycles. The van der Waals surface area contributed by atoms with E-state index in [0.29, 0.717) is 22.0 Å². The van der Waals surface area contributed by atoms with Crippen molar-refractivity contribution < 1.29 is 10.2 Å². The van der Waals surface area contributed by atoms with Crippen LogP contribution in [0.4, 0.5) is 0 Å². The molecule has 94 valence electrons. The Morgan fingerprint density at radius 3 is 2.28 bits per heavy atom. The van der Waals surface area contributed by atoms with E-state index in [1.54, 1.807) is 36.4 Å². The summed E-state index contributed by atoms with van der Waals surface area (Å²) in [5, 5.41) is 20.5. The van der Waals surface area contributed by atoms with Crippen LogP contribution >= 0.6 is 23.2 Å². The Morgan fingerprint density at radius 1 is 1.00 bits per heavy atom. The van der Waals surface area contributed by atoms with Gasteiger partial charge in [-0.15, -0.1) is 0 Å². The van der Waals surface area contributed by atoms with Crippen molar-refractivity contribution in [2.75, 3.05) is 0 Å². The molecule has 0 spiro atoms. The van der Waals surface area contributed by atoms with Gasteiger partial charge in [0.1, 0.15) is 5.75 Å². The van der Waals surface area contributed by atoms with Crippen molar-refractivity contribution in [1.82, 2.24) is 0 Å². The summed E-state index contributed by atoms with van der Waals surface area (Å²) >= 11 is 11.8. The number of rotatable bonds is 3. The van der Waals surface area contributed by atoms with Gasteiger partial charge in [-0.3, -0.25) is 0 Å². The summed E-state index contributed by atoms with van der Waals surface area (Å²) in [5.41, 5.74) is 1.51. The number of benzene rings is 2. The summed E-state index contributed by atoms with van der Waals surface area (Å²) in [6.07, 6.45) is -0.312. The molecule has 2 nitrogen and oxygen atoms in total. The van der Waals surface area contributed by atoms with Crippen LogP contribution in [0.1, 0.15) is 17.2 Å². The molecule has 2 aromatic carbocycles. The molecule has 0 saturated heterocycles. The largest absolute Gasteiger partial charge is 0.508 e. The van der Waals surface area contributed by atoms with Gasteiger partial charge in [-0.25, -0.2) is 0 Å². The van der Waals surface area contributed by atoms with Gasteiger partial charge >= 0.3 is 0 Å². The molecule has 0 aliphatic rings. The molecule has 0 saturated carbocycles. The zero-order valence-electron chi connectivity index (χ0n) is 9.48. The van der Waals surface area contributed by atoms with Crippen molar-refractivity contribution in [3.05, 3.63) is 63.6 Å². The molecular formula is C14H12Cl2O2. The number of aliphatic hydroxyl groups excluding tert-OH is 1. The minimum absolute atomic E-state index is 0.184. The minimum Gasteiger partial charge on any atom is -0.508 e. The van der Waals surface area contributed by atoms with Crippen LogP contribution < -0.4 is 0 Å². The van der Waals surface area contributed by atoms with Gasteiger partial charge in [0.05, 0.1) is 6.10 Å². The Labute approximate surface area is 115 Å². The SMILES string of the molecule is Oc1cccc(CC(O)c2cc(Cl)cc(Cl)c2)c1. The summed E-state index contributed by atoms with van der Waals surface area (Å²) in [5.74, 6) is 0.184. The Kier molecular flexibility index (Phi) is 4.12. The molecule has 0 bridgehead atoms. The van der Waals surface area contributed by atoms with Crippen molar-refractivity contribution in [2.24, 2.45) is 0 Å². The standard InChI is InChI=1S/C14H12Cl2O2/c15-11-6-10(7-12(16)8-11)14(18)5-9-2-1-3-13(17)4-9/h1-4,6-8,14,17-18H,5H2. The first kappa shape index (κ1) is 13.2. The second kappa shape index (κ2) is 5.61. The van der Waals surface area contributed by atoms with E-state index >= 15 is 0 Å². The van der Waals surface area contributed by atoms with Crippen LogP contribution in [0.3, 0.4) is 0 Å². The number of halogens is 2. The van der Waals surface area contributed by atoms with Crippen LogP contribution in [-0.4, -0.2) is 10.2 Å². The zero-order chi connectivity index (χ0) is 13.1. The van der Waals surface area contributed by atoms with Crippen molar-refractivity contribution in [1.29, 1.82) is 0 Å². The second-order valence-corrected chi connectivity index (χ2v) is 4.97. The first-order valence-electron chi connectivity index (χ1n) is 5.46. The number of aliphatic hydroxyl groups is 1. The van der Waals surface area contributed by atoms with Crippen LogP contribution in [0.2, 0.25) is 10.0 Å². The fourth-order valence-electron chi connectivity index (χ4n) is 1.79. The molecule has 0 aromatic heterocycles. The highest BCUT2D eigenvalue weighted by molar-refractivity contribution is 6.34. The lowest BCUT2D eigenvalue weighted by atomic mass is 10.0.